The molecule has 1 saturated heterocycles. The third-order valence-electron chi connectivity index (χ3n) is 4.13. The van der Waals surface area contributed by atoms with Crippen LogP contribution in [-0.2, 0) is 11.3 Å². The summed E-state index contributed by atoms with van der Waals surface area (Å²) < 4.78 is 28.1. The second-order valence-corrected chi connectivity index (χ2v) is 6.18. The highest BCUT2D eigenvalue weighted by molar-refractivity contribution is 5.82. The lowest BCUT2D eigenvalue weighted by molar-refractivity contribution is -0.124. The van der Waals surface area contributed by atoms with Crippen LogP contribution in [0, 0.1) is 0 Å². The quantitative estimate of drug-likeness (QED) is 0.880. The molecule has 5 nitrogen and oxygen atoms in total. The Morgan fingerprint density at radius 2 is 2.21 bits per heavy atom. The third kappa shape index (κ3) is 3.97. The summed E-state index contributed by atoms with van der Waals surface area (Å²) in [6, 6.07) is 8.77. The van der Waals surface area contributed by atoms with Crippen LogP contribution in [0.15, 0.2) is 42.7 Å². The Labute approximate surface area is 139 Å². The fraction of sp³-hybridized carbons (Fsp3) is 0.412. The largest absolute Gasteiger partial charge is 0.348 e. The number of carbonyl (C=O) groups excluding carboxylic acids is 1. The molecule has 2 heterocycles. The van der Waals surface area contributed by atoms with Gasteiger partial charge in [-0.2, -0.15) is 5.10 Å². The Kier molecular flexibility index (Phi) is 4.62. The fourth-order valence-electron chi connectivity index (χ4n) is 2.76. The van der Waals surface area contributed by atoms with Crippen LogP contribution in [0.1, 0.15) is 30.5 Å². The summed E-state index contributed by atoms with van der Waals surface area (Å²) in [5.41, 5.74) is 1.96. The van der Waals surface area contributed by atoms with Crippen LogP contribution in [0.4, 0.5) is 8.78 Å². The molecule has 2 N–H and O–H groups in total. The van der Waals surface area contributed by atoms with Gasteiger partial charge < -0.3 is 5.32 Å². The minimum absolute atomic E-state index is 0.293. The summed E-state index contributed by atoms with van der Waals surface area (Å²) in [5.74, 6) is -3.22. The SMILES string of the molecule is CC(NC(=O)C1CC(F)(F)CN1)c1cnn(Cc2ccccc2)c1. The van der Waals surface area contributed by atoms with E-state index < -0.39 is 30.8 Å². The molecule has 7 heteroatoms. The van der Waals surface area contributed by atoms with Gasteiger partial charge in [0.05, 0.1) is 31.4 Å². The highest BCUT2D eigenvalue weighted by Gasteiger charge is 2.42. The summed E-state index contributed by atoms with van der Waals surface area (Å²) in [5, 5.41) is 9.61. The van der Waals surface area contributed by atoms with Crippen LogP contribution in [0.3, 0.4) is 0 Å². The minimum Gasteiger partial charge on any atom is -0.348 e. The molecule has 2 atom stereocenters. The van der Waals surface area contributed by atoms with Crippen LogP contribution in [0.2, 0.25) is 0 Å². The predicted molar refractivity (Wildman–Crippen MR) is 85.7 cm³/mol. The van der Waals surface area contributed by atoms with Crippen LogP contribution in [0.25, 0.3) is 0 Å². The Morgan fingerprint density at radius 1 is 1.46 bits per heavy atom. The van der Waals surface area contributed by atoms with Crippen molar-refractivity contribution in [3.05, 3.63) is 53.9 Å². The first kappa shape index (κ1) is 16.6. The number of halogens is 2. The van der Waals surface area contributed by atoms with Gasteiger partial charge in [0.15, 0.2) is 0 Å². The van der Waals surface area contributed by atoms with Crippen LogP contribution >= 0.6 is 0 Å². The van der Waals surface area contributed by atoms with E-state index in [0.29, 0.717) is 6.54 Å². The molecule has 0 radical (unpaired) electrons. The van der Waals surface area contributed by atoms with Gasteiger partial charge in [-0.1, -0.05) is 30.3 Å². The lowest BCUT2D eigenvalue weighted by Gasteiger charge is -2.16. The molecule has 1 aliphatic rings. The normalized spacial score (nSPS) is 20.7. The lowest BCUT2D eigenvalue weighted by Crippen LogP contribution is -2.41. The topological polar surface area (TPSA) is 59.0 Å². The standard InChI is InChI=1S/C17H20F2N4O/c1-12(22-16(24)15-7-17(18,19)11-20-15)14-8-21-23(10-14)9-13-5-3-2-4-6-13/h2-6,8,10,12,15,20H,7,9,11H2,1H3,(H,22,24). The molecular weight excluding hydrogens is 314 g/mol. The van der Waals surface area contributed by atoms with E-state index in [9.17, 15) is 13.6 Å². The van der Waals surface area contributed by atoms with E-state index in [1.54, 1.807) is 10.9 Å². The molecule has 2 aromatic rings. The van der Waals surface area contributed by atoms with Crippen LogP contribution < -0.4 is 10.6 Å². The van der Waals surface area contributed by atoms with Gasteiger partial charge in [-0.05, 0) is 12.5 Å². The summed E-state index contributed by atoms with van der Waals surface area (Å²) in [4.78, 5) is 12.1. The Bertz CT molecular complexity index is 702. The Morgan fingerprint density at radius 3 is 2.88 bits per heavy atom. The maximum atomic E-state index is 13.2. The van der Waals surface area contributed by atoms with E-state index in [2.05, 4.69) is 15.7 Å². The van der Waals surface area contributed by atoms with Gasteiger partial charge in [0.2, 0.25) is 5.91 Å². The predicted octanol–water partition coefficient (Wildman–Crippen LogP) is 2.11. The summed E-state index contributed by atoms with van der Waals surface area (Å²) in [6.45, 7) is 2.00. The number of nitrogens with zero attached hydrogens (tertiary/aromatic N) is 2. The van der Waals surface area contributed by atoms with E-state index >= 15 is 0 Å². The van der Waals surface area contributed by atoms with Crippen molar-refractivity contribution in [2.45, 2.75) is 37.9 Å². The maximum absolute atomic E-state index is 13.2. The number of amides is 1. The average molecular weight is 334 g/mol. The van der Waals surface area contributed by atoms with Crippen molar-refractivity contribution in [3.63, 3.8) is 0 Å². The summed E-state index contributed by atoms with van der Waals surface area (Å²) in [6.07, 6.45) is 3.08. The van der Waals surface area contributed by atoms with Gasteiger partial charge in [0, 0.05) is 18.2 Å². The van der Waals surface area contributed by atoms with E-state index in [0.717, 1.165) is 11.1 Å². The molecule has 24 heavy (non-hydrogen) atoms. The van der Waals surface area contributed by atoms with Crippen molar-refractivity contribution in [2.24, 2.45) is 0 Å². The number of benzene rings is 1. The second kappa shape index (κ2) is 6.68. The molecule has 1 fully saturated rings. The molecule has 1 aromatic heterocycles. The van der Waals surface area contributed by atoms with E-state index in [-0.39, 0.29) is 6.04 Å². The van der Waals surface area contributed by atoms with E-state index in [1.165, 1.54) is 0 Å². The van der Waals surface area contributed by atoms with Crippen molar-refractivity contribution >= 4 is 5.91 Å². The maximum Gasteiger partial charge on any atom is 0.262 e. The number of nitrogens with one attached hydrogen (secondary N) is 2. The van der Waals surface area contributed by atoms with Gasteiger partial charge in [-0.25, -0.2) is 8.78 Å². The van der Waals surface area contributed by atoms with E-state index in [1.807, 2.05) is 43.5 Å². The van der Waals surface area contributed by atoms with E-state index in [4.69, 9.17) is 0 Å². The number of rotatable bonds is 5. The Hall–Kier alpha value is -2.28. The fourth-order valence-corrected chi connectivity index (χ4v) is 2.76. The van der Waals surface area contributed by atoms with Gasteiger partial charge >= 0.3 is 0 Å². The molecule has 0 spiro atoms. The van der Waals surface area contributed by atoms with Crippen molar-refractivity contribution in [2.75, 3.05) is 6.54 Å². The van der Waals surface area contributed by atoms with Gasteiger partial charge in [0.1, 0.15) is 0 Å². The first-order valence-corrected chi connectivity index (χ1v) is 7.91. The van der Waals surface area contributed by atoms with Crippen molar-refractivity contribution in [1.82, 2.24) is 20.4 Å². The molecule has 128 valence electrons. The number of alkyl halides is 2. The molecule has 3 rings (SSSR count). The van der Waals surface area contributed by atoms with Gasteiger partial charge in [0.25, 0.3) is 5.92 Å². The van der Waals surface area contributed by atoms with Crippen LogP contribution in [-0.4, -0.2) is 34.2 Å². The van der Waals surface area contributed by atoms with Gasteiger partial charge in [-0.3, -0.25) is 14.8 Å². The highest BCUT2D eigenvalue weighted by Crippen LogP contribution is 2.25. The van der Waals surface area contributed by atoms with Crippen molar-refractivity contribution < 1.29 is 13.6 Å². The molecule has 0 saturated carbocycles. The summed E-state index contributed by atoms with van der Waals surface area (Å²) in [7, 11) is 0. The minimum atomic E-state index is -2.81. The highest BCUT2D eigenvalue weighted by atomic mass is 19.3. The lowest BCUT2D eigenvalue weighted by atomic mass is 10.1. The summed E-state index contributed by atoms with van der Waals surface area (Å²) >= 11 is 0. The number of hydrogen-bond acceptors (Lipinski definition) is 3. The molecule has 1 aliphatic heterocycles. The average Bonchev–Trinajstić information content (AvgIpc) is 3.15. The zero-order chi connectivity index (χ0) is 17.2. The van der Waals surface area contributed by atoms with Crippen LogP contribution in [0.5, 0.6) is 0 Å². The molecule has 0 aliphatic carbocycles. The van der Waals surface area contributed by atoms with Crippen molar-refractivity contribution in [1.29, 1.82) is 0 Å². The number of hydrogen-bond donors (Lipinski definition) is 2. The molecule has 1 aromatic carbocycles. The first-order valence-electron chi connectivity index (χ1n) is 7.91. The second-order valence-electron chi connectivity index (χ2n) is 6.18. The Balaban J connectivity index is 1.58. The molecular formula is C17H20F2N4O. The zero-order valence-electron chi connectivity index (χ0n) is 13.4. The number of aromatic nitrogens is 2. The molecule has 1 amide bonds. The third-order valence-corrected chi connectivity index (χ3v) is 4.13. The van der Waals surface area contributed by atoms with Gasteiger partial charge in [-0.15, -0.1) is 0 Å². The zero-order valence-corrected chi connectivity index (χ0v) is 13.4. The molecule has 2 unspecified atom stereocenters. The molecule has 0 bridgehead atoms. The smallest absolute Gasteiger partial charge is 0.262 e. The van der Waals surface area contributed by atoms with Crippen molar-refractivity contribution in [3.8, 4) is 0 Å². The monoisotopic (exact) mass is 334 g/mol. The number of carbonyl (C=O) groups is 1. The first-order chi connectivity index (χ1) is 11.4.